The average Bonchev–Trinajstić information content (AvgIpc) is 3.48. The van der Waals surface area contributed by atoms with Crippen LogP contribution in [0.2, 0.25) is 0 Å². The molecule has 5 aromatic rings. The van der Waals surface area contributed by atoms with E-state index in [1.165, 1.54) is 11.3 Å². The van der Waals surface area contributed by atoms with E-state index >= 15 is 0 Å². The van der Waals surface area contributed by atoms with Gasteiger partial charge in [0.15, 0.2) is 0 Å². The fourth-order valence-electron chi connectivity index (χ4n) is 4.96. The smallest absolute Gasteiger partial charge is 0.139 e. The Hall–Kier alpha value is -3.75. The molecule has 1 fully saturated rings. The van der Waals surface area contributed by atoms with Crippen LogP contribution in [0.1, 0.15) is 5.56 Å². The van der Waals surface area contributed by atoms with Gasteiger partial charge in [-0.3, -0.25) is 10.1 Å². The molecule has 0 atom stereocenters. The van der Waals surface area contributed by atoms with Crippen molar-refractivity contribution in [3.63, 3.8) is 0 Å². The Morgan fingerprint density at radius 2 is 1.80 bits per heavy atom. The Bertz CT molecular complexity index is 1490. The van der Waals surface area contributed by atoms with Gasteiger partial charge in [-0.2, -0.15) is 5.10 Å². The second-order valence-corrected chi connectivity index (χ2v) is 9.72. The van der Waals surface area contributed by atoms with Crippen LogP contribution in [0.3, 0.4) is 0 Å². The van der Waals surface area contributed by atoms with Crippen molar-refractivity contribution in [1.29, 1.82) is 0 Å². The molecule has 0 saturated carbocycles. The van der Waals surface area contributed by atoms with Gasteiger partial charge in [0.05, 0.1) is 11.2 Å². The quantitative estimate of drug-likeness (QED) is 0.408. The van der Waals surface area contributed by atoms with Crippen molar-refractivity contribution >= 4 is 27.6 Å². The van der Waals surface area contributed by atoms with E-state index in [0.29, 0.717) is 0 Å². The van der Waals surface area contributed by atoms with Gasteiger partial charge < -0.3 is 19.7 Å². The summed E-state index contributed by atoms with van der Waals surface area (Å²) in [6.45, 7) is 5.03. The first kappa shape index (κ1) is 21.8. The van der Waals surface area contributed by atoms with Gasteiger partial charge in [-0.25, -0.2) is 4.98 Å². The summed E-state index contributed by atoms with van der Waals surface area (Å²) in [5.41, 5.74) is 8.43. The zero-order valence-corrected chi connectivity index (χ0v) is 20.4. The molecule has 0 radical (unpaired) electrons. The maximum atomic E-state index is 4.68. The molecule has 2 N–H and O–H groups in total. The number of nitrogens with one attached hydrogen (secondary N) is 2. The van der Waals surface area contributed by atoms with Gasteiger partial charge in [-0.1, -0.05) is 6.07 Å². The second-order valence-electron chi connectivity index (χ2n) is 9.72. The molecular weight excluding hydrogens is 436 g/mol. The topological polar surface area (TPSA) is 80.0 Å². The molecule has 5 heterocycles. The lowest BCUT2D eigenvalue weighted by atomic mass is 10.0. The molecule has 0 bridgehead atoms. The first-order chi connectivity index (χ1) is 17.0. The van der Waals surface area contributed by atoms with Crippen molar-refractivity contribution in [1.82, 2.24) is 34.9 Å². The first-order valence-electron chi connectivity index (χ1n) is 12.0. The van der Waals surface area contributed by atoms with Crippen LogP contribution in [0.25, 0.3) is 44.5 Å². The van der Waals surface area contributed by atoms with E-state index in [9.17, 15) is 0 Å². The average molecular weight is 467 g/mol. The van der Waals surface area contributed by atoms with Gasteiger partial charge in [0.1, 0.15) is 11.3 Å². The minimum absolute atomic E-state index is 0.859. The molecule has 4 aromatic heterocycles. The van der Waals surface area contributed by atoms with Gasteiger partial charge in [0.25, 0.3) is 0 Å². The van der Waals surface area contributed by atoms with E-state index in [1.54, 1.807) is 0 Å². The number of aromatic amines is 2. The van der Waals surface area contributed by atoms with Gasteiger partial charge in [0.2, 0.25) is 0 Å². The fourth-order valence-corrected chi connectivity index (χ4v) is 4.96. The van der Waals surface area contributed by atoms with Gasteiger partial charge in [-0.05, 0) is 62.6 Å². The molecule has 8 heteroatoms. The monoisotopic (exact) mass is 466 g/mol. The number of benzene rings is 1. The number of nitrogens with zero attached hydrogens (tertiary/aromatic N) is 6. The number of hydrogen-bond acceptors (Lipinski definition) is 6. The lowest BCUT2D eigenvalue weighted by Gasteiger charge is -2.34. The third-order valence-corrected chi connectivity index (χ3v) is 6.80. The molecule has 35 heavy (non-hydrogen) atoms. The molecule has 1 aliphatic rings. The molecule has 0 aliphatic carbocycles. The van der Waals surface area contributed by atoms with Gasteiger partial charge in [0, 0.05) is 73.3 Å². The summed E-state index contributed by atoms with van der Waals surface area (Å²) in [4.78, 5) is 19.6. The number of likely N-dealkylation sites (N-methyl/N-ethyl adjacent to an activating group) is 1. The van der Waals surface area contributed by atoms with Gasteiger partial charge >= 0.3 is 0 Å². The van der Waals surface area contributed by atoms with Crippen molar-refractivity contribution < 1.29 is 0 Å². The maximum Gasteiger partial charge on any atom is 0.139 e. The number of H-pyrrole nitrogens is 2. The van der Waals surface area contributed by atoms with Crippen molar-refractivity contribution in [3.8, 4) is 22.5 Å². The summed E-state index contributed by atoms with van der Waals surface area (Å²) in [6, 6.07) is 12.9. The summed E-state index contributed by atoms with van der Waals surface area (Å²) >= 11 is 0. The molecule has 0 unspecified atom stereocenters. The van der Waals surface area contributed by atoms with E-state index < -0.39 is 0 Å². The predicted molar refractivity (Wildman–Crippen MR) is 142 cm³/mol. The highest BCUT2D eigenvalue weighted by molar-refractivity contribution is 5.99. The van der Waals surface area contributed by atoms with Crippen LogP contribution in [-0.4, -0.2) is 82.3 Å². The van der Waals surface area contributed by atoms with Gasteiger partial charge in [-0.15, -0.1) is 0 Å². The number of piperazine rings is 1. The minimum atomic E-state index is 0.859. The first-order valence-corrected chi connectivity index (χ1v) is 12.0. The Balaban J connectivity index is 1.39. The number of aromatic nitrogens is 5. The lowest BCUT2D eigenvalue weighted by Crippen LogP contribution is -2.44. The molecule has 1 aliphatic heterocycles. The molecule has 0 spiro atoms. The number of rotatable bonds is 5. The van der Waals surface area contributed by atoms with Crippen molar-refractivity contribution in [2.45, 2.75) is 6.54 Å². The van der Waals surface area contributed by atoms with E-state index in [-0.39, 0.29) is 0 Å². The highest BCUT2D eigenvalue weighted by Crippen LogP contribution is 2.34. The summed E-state index contributed by atoms with van der Waals surface area (Å²) in [5, 5.41) is 10.1. The fraction of sp³-hybridized carbons (Fsp3) is 0.296. The highest BCUT2D eigenvalue weighted by atomic mass is 15.2. The third kappa shape index (κ3) is 4.15. The molecule has 0 amide bonds. The lowest BCUT2D eigenvalue weighted by molar-refractivity contribution is 0.313. The summed E-state index contributed by atoms with van der Waals surface area (Å²) in [5.74, 6) is 0. The Labute approximate surface area is 204 Å². The number of fused-ring (bicyclic) bond motifs is 2. The molecular formula is C27H30N8. The van der Waals surface area contributed by atoms with E-state index in [2.05, 4.69) is 97.4 Å². The second kappa shape index (κ2) is 8.79. The van der Waals surface area contributed by atoms with Crippen LogP contribution >= 0.6 is 0 Å². The molecule has 178 valence electrons. The summed E-state index contributed by atoms with van der Waals surface area (Å²) < 4.78 is 0. The van der Waals surface area contributed by atoms with Crippen LogP contribution in [-0.2, 0) is 6.54 Å². The van der Waals surface area contributed by atoms with Crippen molar-refractivity contribution in [2.24, 2.45) is 0 Å². The summed E-state index contributed by atoms with van der Waals surface area (Å²) in [6.07, 6.45) is 5.75. The molecule has 8 nitrogen and oxygen atoms in total. The zero-order valence-electron chi connectivity index (χ0n) is 20.4. The minimum Gasteiger partial charge on any atom is -0.368 e. The number of pyridine rings is 2. The Morgan fingerprint density at radius 3 is 2.63 bits per heavy atom. The number of anilines is 1. The largest absolute Gasteiger partial charge is 0.368 e. The van der Waals surface area contributed by atoms with Crippen LogP contribution < -0.4 is 4.90 Å². The Kier molecular flexibility index (Phi) is 5.47. The van der Waals surface area contributed by atoms with E-state index in [0.717, 1.165) is 77.2 Å². The molecule has 1 saturated heterocycles. The zero-order chi connectivity index (χ0) is 23.9. The van der Waals surface area contributed by atoms with Crippen LogP contribution in [0.4, 0.5) is 5.69 Å². The van der Waals surface area contributed by atoms with Crippen molar-refractivity contribution in [3.05, 3.63) is 60.6 Å². The standard InChI is InChI=1S/C27H30N8/c1-33(2)17-18-12-20(16-28-15-18)19-4-5-23-21(13-19)26(32-31-23)24-14-22-25(6-7-29-27(22)30-24)35-10-8-34(3)9-11-35/h4-7,12-16H,8-11,17H2,1-3H3,(H,29,30)(H,31,32). The van der Waals surface area contributed by atoms with E-state index in [1.807, 2.05) is 18.6 Å². The van der Waals surface area contributed by atoms with Crippen molar-refractivity contribution in [2.75, 3.05) is 52.2 Å². The number of hydrogen-bond donors (Lipinski definition) is 2. The maximum absolute atomic E-state index is 4.68. The van der Waals surface area contributed by atoms with Crippen LogP contribution in [0.5, 0.6) is 0 Å². The molecule has 1 aromatic carbocycles. The normalized spacial score (nSPS) is 15.0. The molecule has 6 rings (SSSR count). The highest BCUT2D eigenvalue weighted by Gasteiger charge is 2.19. The third-order valence-electron chi connectivity index (χ3n) is 6.80. The SMILES string of the molecule is CN(C)Cc1cncc(-c2ccc3[nH]nc(-c4cc5c(N6CCN(C)CC6)ccnc5[nH]4)c3c2)c1. The Morgan fingerprint density at radius 1 is 0.943 bits per heavy atom. The van der Waals surface area contributed by atoms with Crippen LogP contribution in [0.15, 0.2) is 55.0 Å². The van der Waals surface area contributed by atoms with Crippen LogP contribution in [0, 0.1) is 0 Å². The predicted octanol–water partition coefficient (Wildman–Crippen LogP) is 3.98. The summed E-state index contributed by atoms with van der Waals surface area (Å²) in [7, 11) is 6.32. The van der Waals surface area contributed by atoms with E-state index in [4.69, 9.17) is 0 Å².